The number of hydrogen-bond donors (Lipinski definition) is 2. The van der Waals surface area contributed by atoms with Crippen molar-refractivity contribution in [2.45, 2.75) is 46.0 Å². The molecule has 0 saturated carbocycles. The Labute approximate surface area is 215 Å². The van der Waals surface area contributed by atoms with Gasteiger partial charge in [-0.15, -0.1) is 0 Å². The Kier molecular flexibility index (Phi) is 7.86. The van der Waals surface area contributed by atoms with Crippen molar-refractivity contribution in [2.24, 2.45) is 5.92 Å². The Morgan fingerprint density at radius 3 is 2.32 bits per heavy atom. The van der Waals surface area contributed by atoms with Crippen LogP contribution in [0.2, 0.25) is 0 Å². The molecule has 0 aliphatic carbocycles. The normalized spacial score (nSPS) is 17.0. The summed E-state index contributed by atoms with van der Waals surface area (Å²) in [5.74, 6) is -1.02. The van der Waals surface area contributed by atoms with Gasteiger partial charge in [-0.2, -0.15) is 0 Å². The minimum Gasteiger partial charge on any atom is -0.438 e. The van der Waals surface area contributed by atoms with E-state index in [9.17, 15) is 18.8 Å². The van der Waals surface area contributed by atoms with Gasteiger partial charge in [-0.3, -0.25) is 14.5 Å². The van der Waals surface area contributed by atoms with Gasteiger partial charge in [-0.1, -0.05) is 62.4 Å². The second kappa shape index (κ2) is 11.2. The summed E-state index contributed by atoms with van der Waals surface area (Å²) < 4.78 is 19.0. The van der Waals surface area contributed by atoms with Crippen LogP contribution < -0.4 is 10.6 Å². The lowest BCUT2D eigenvalue weighted by Gasteiger charge is -2.25. The Morgan fingerprint density at radius 2 is 1.68 bits per heavy atom. The fourth-order valence-electron chi connectivity index (χ4n) is 4.12. The molecule has 192 valence electrons. The molecular formula is C29H30FN3O4. The maximum atomic E-state index is 13.5. The van der Waals surface area contributed by atoms with Crippen LogP contribution in [0, 0.1) is 18.7 Å². The van der Waals surface area contributed by atoms with E-state index in [-0.39, 0.29) is 36.6 Å². The lowest BCUT2D eigenvalue weighted by atomic mass is 9.99. The van der Waals surface area contributed by atoms with Crippen LogP contribution in [0.15, 0.2) is 72.8 Å². The first-order chi connectivity index (χ1) is 17.7. The molecule has 1 fully saturated rings. The summed E-state index contributed by atoms with van der Waals surface area (Å²) in [7, 11) is 0. The average Bonchev–Trinajstić information content (AvgIpc) is 3.21. The van der Waals surface area contributed by atoms with E-state index in [0.717, 1.165) is 16.7 Å². The summed E-state index contributed by atoms with van der Waals surface area (Å²) in [5, 5.41) is 5.70. The van der Waals surface area contributed by atoms with Crippen LogP contribution in [0.1, 0.15) is 42.2 Å². The van der Waals surface area contributed by atoms with Gasteiger partial charge in [0.25, 0.3) is 0 Å². The highest BCUT2D eigenvalue weighted by molar-refractivity contribution is 5.92. The fraction of sp³-hybridized carbons (Fsp3) is 0.276. The van der Waals surface area contributed by atoms with Crippen molar-refractivity contribution >= 4 is 23.6 Å². The van der Waals surface area contributed by atoms with E-state index in [0.29, 0.717) is 11.3 Å². The van der Waals surface area contributed by atoms with Crippen LogP contribution in [-0.2, 0) is 27.4 Å². The molecule has 2 N–H and O–H groups in total. The first-order valence-electron chi connectivity index (χ1n) is 12.2. The average molecular weight is 504 g/mol. The maximum Gasteiger partial charge on any atom is 0.411 e. The number of ether oxygens (including phenoxy) is 1. The molecule has 7 nitrogen and oxygen atoms in total. The van der Waals surface area contributed by atoms with E-state index in [1.807, 2.05) is 31.2 Å². The number of nitrogens with one attached hydrogen (secondary N) is 2. The standard InChI is InChI=1S/C29H30FN3O4/c1-18(2)27(34)32-24-14-10-21(11-15-24)26-25(28(35)31-16-20-8-12-23(30)13-9-20)33(29(36)37-26)17-22-7-5-4-6-19(22)3/h4-15,18,25-26H,16-17H2,1-3H3,(H,31,35)(H,32,34). The molecule has 1 saturated heterocycles. The number of cyclic esters (lactones) is 1. The van der Waals surface area contributed by atoms with E-state index in [4.69, 9.17) is 4.74 Å². The minimum absolute atomic E-state index is 0.109. The number of carbonyl (C=O) groups is 3. The highest BCUT2D eigenvalue weighted by atomic mass is 19.1. The zero-order valence-corrected chi connectivity index (χ0v) is 21.0. The van der Waals surface area contributed by atoms with Crippen molar-refractivity contribution in [3.8, 4) is 0 Å². The summed E-state index contributed by atoms with van der Waals surface area (Å²) >= 11 is 0. The Morgan fingerprint density at radius 1 is 1.00 bits per heavy atom. The molecule has 0 bridgehead atoms. The summed E-state index contributed by atoms with van der Waals surface area (Å²) in [6.07, 6.45) is -1.44. The van der Waals surface area contributed by atoms with Crippen LogP contribution in [0.3, 0.4) is 0 Å². The largest absolute Gasteiger partial charge is 0.438 e. The number of carbonyl (C=O) groups excluding carboxylic acids is 3. The molecule has 8 heteroatoms. The monoisotopic (exact) mass is 503 g/mol. The quantitative estimate of drug-likeness (QED) is 0.447. The molecule has 0 aromatic heterocycles. The van der Waals surface area contributed by atoms with Crippen molar-refractivity contribution < 1.29 is 23.5 Å². The number of anilines is 1. The second-order valence-electron chi connectivity index (χ2n) is 9.41. The lowest BCUT2D eigenvalue weighted by molar-refractivity contribution is -0.126. The van der Waals surface area contributed by atoms with Gasteiger partial charge in [-0.05, 0) is 53.4 Å². The van der Waals surface area contributed by atoms with Crippen LogP contribution in [0.5, 0.6) is 0 Å². The SMILES string of the molecule is Cc1ccccc1CN1C(=O)OC(c2ccc(NC(=O)C(C)C)cc2)C1C(=O)NCc1ccc(F)cc1. The van der Waals surface area contributed by atoms with Crippen LogP contribution >= 0.6 is 0 Å². The van der Waals surface area contributed by atoms with Gasteiger partial charge >= 0.3 is 6.09 Å². The first-order valence-corrected chi connectivity index (χ1v) is 12.2. The van der Waals surface area contributed by atoms with E-state index in [1.165, 1.54) is 17.0 Å². The molecule has 3 aromatic carbocycles. The summed E-state index contributed by atoms with van der Waals surface area (Å²) in [6.45, 7) is 5.94. The minimum atomic E-state index is -0.927. The number of hydrogen-bond acceptors (Lipinski definition) is 4. The van der Waals surface area contributed by atoms with Gasteiger partial charge in [0.05, 0.1) is 6.54 Å². The molecule has 1 aliphatic rings. The van der Waals surface area contributed by atoms with E-state index in [1.54, 1.807) is 50.2 Å². The van der Waals surface area contributed by atoms with Gasteiger partial charge in [0.2, 0.25) is 11.8 Å². The third kappa shape index (κ3) is 6.14. The smallest absolute Gasteiger partial charge is 0.411 e. The number of aryl methyl sites for hydroxylation is 1. The van der Waals surface area contributed by atoms with E-state index >= 15 is 0 Å². The van der Waals surface area contributed by atoms with E-state index in [2.05, 4.69) is 10.6 Å². The molecular weight excluding hydrogens is 473 g/mol. The molecule has 1 aliphatic heterocycles. The predicted octanol–water partition coefficient (Wildman–Crippen LogP) is 5.11. The third-order valence-electron chi connectivity index (χ3n) is 6.37. The molecule has 0 radical (unpaired) electrons. The number of rotatable bonds is 8. The zero-order chi connectivity index (χ0) is 26.5. The molecule has 37 heavy (non-hydrogen) atoms. The van der Waals surface area contributed by atoms with Crippen molar-refractivity contribution in [2.75, 3.05) is 5.32 Å². The van der Waals surface area contributed by atoms with Crippen LogP contribution in [0.4, 0.5) is 14.9 Å². The van der Waals surface area contributed by atoms with Gasteiger partial charge in [0.15, 0.2) is 12.1 Å². The van der Waals surface area contributed by atoms with Crippen molar-refractivity contribution in [3.05, 3.63) is 101 Å². The number of amides is 3. The van der Waals surface area contributed by atoms with Crippen LogP contribution in [0.25, 0.3) is 0 Å². The predicted molar refractivity (Wildman–Crippen MR) is 138 cm³/mol. The van der Waals surface area contributed by atoms with Crippen molar-refractivity contribution in [1.29, 1.82) is 0 Å². The van der Waals surface area contributed by atoms with Crippen molar-refractivity contribution in [1.82, 2.24) is 10.2 Å². The van der Waals surface area contributed by atoms with Gasteiger partial charge in [0, 0.05) is 18.2 Å². The number of benzene rings is 3. The Hall–Kier alpha value is -4.20. The fourth-order valence-corrected chi connectivity index (χ4v) is 4.12. The van der Waals surface area contributed by atoms with Crippen molar-refractivity contribution in [3.63, 3.8) is 0 Å². The Bertz CT molecular complexity index is 1280. The lowest BCUT2D eigenvalue weighted by Crippen LogP contribution is -2.46. The van der Waals surface area contributed by atoms with Gasteiger partial charge in [0.1, 0.15) is 5.82 Å². The molecule has 4 rings (SSSR count). The maximum absolute atomic E-state index is 13.5. The second-order valence-corrected chi connectivity index (χ2v) is 9.41. The molecule has 2 unspecified atom stereocenters. The molecule has 0 spiro atoms. The Balaban J connectivity index is 1.59. The summed E-state index contributed by atoms with van der Waals surface area (Å²) in [5.41, 5.74) is 3.87. The highest BCUT2D eigenvalue weighted by Gasteiger charge is 2.47. The summed E-state index contributed by atoms with van der Waals surface area (Å²) in [4.78, 5) is 39.9. The molecule has 1 heterocycles. The first kappa shape index (κ1) is 25.9. The third-order valence-corrected chi connectivity index (χ3v) is 6.37. The van der Waals surface area contributed by atoms with E-state index < -0.39 is 18.2 Å². The highest BCUT2D eigenvalue weighted by Crippen LogP contribution is 2.35. The van der Waals surface area contributed by atoms with Gasteiger partial charge in [-0.25, -0.2) is 9.18 Å². The topological polar surface area (TPSA) is 87.7 Å². The zero-order valence-electron chi connectivity index (χ0n) is 21.0. The molecule has 3 amide bonds. The van der Waals surface area contributed by atoms with Gasteiger partial charge < -0.3 is 15.4 Å². The number of nitrogens with zero attached hydrogens (tertiary/aromatic N) is 1. The summed E-state index contributed by atoms with van der Waals surface area (Å²) in [6, 6.07) is 19.5. The molecule has 2 atom stereocenters. The van der Waals surface area contributed by atoms with Crippen LogP contribution in [-0.4, -0.2) is 28.8 Å². The number of halogens is 1. The molecule has 3 aromatic rings.